The predicted molar refractivity (Wildman–Crippen MR) is 73.3 cm³/mol. The number of nitrogens with zero attached hydrogens (tertiary/aromatic N) is 2. The van der Waals surface area contributed by atoms with Gasteiger partial charge in [-0.05, 0) is 19.3 Å². The molecule has 0 aromatic heterocycles. The summed E-state index contributed by atoms with van der Waals surface area (Å²) in [5, 5.41) is 11.8. The van der Waals surface area contributed by atoms with E-state index in [0.29, 0.717) is 25.8 Å². The normalized spacial score (nSPS) is 22.2. The number of hydrogen-bond donors (Lipinski definition) is 2. The number of nitrogens with one attached hydrogen (secondary N) is 1. The molecule has 1 atom stereocenters. The molecule has 0 aliphatic carbocycles. The van der Waals surface area contributed by atoms with Crippen LogP contribution in [0.1, 0.15) is 26.2 Å². The molecule has 0 saturated carbocycles. The lowest BCUT2D eigenvalue weighted by atomic mass is 9.78. The maximum atomic E-state index is 12.3. The van der Waals surface area contributed by atoms with E-state index >= 15 is 0 Å². The zero-order valence-corrected chi connectivity index (χ0v) is 12.3. The molecule has 114 valence electrons. The van der Waals surface area contributed by atoms with Crippen LogP contribution in [-0.4, -0.2) is 66.5 Å². The molecule has 1 aliphatic rings. The van der Waals surface area contributed by atoms with Gasteiger partial charge in [0.2, 0.25) is 5.91 Å². The topological polar surface area (TPSA) is 90.0 Å². The highest BCUT2D eigenvalue weighted by molar-refractivity contribution is 5.84. The van der Waals surface area contributed by atoms with Crippen LogP contribution in [0.25, 0.3) is 0 Å². The van der Waals surface area contributed by atoms with Crippen molar-refractivity contribution in [1.82, 2.24) is 15.1 Å². The van der Waals surface area contributed by atoms with E-state index in [9.17, 15) is 19.5 Å². The monoisotopic (exact) mass is 285 g/mol. The Labute approximate surface area is 118 Å². The first-order valence-electron chi connectivity index (χ1n) is 6.80. The van der Waals surface area contributed by atoms with E-state index in [1.807, 2.05) is 6.92 Å². The van der Waals surface area contributed by atoms with Crippen LogP contribution in [0, 0.1) is 5.41 Å². The molecule has 7 nitrogen and oxygen atoms in total. The lowest BCUT2D eigenvalue weighted by Gasteiger charge is -2.40. The number of likely N-dealkylation sites (N-methyl/N-ethyl adjacent to an activating group) is 2. The van der Waals surface area contributed by atoms with Crippen molar-refractivity contribution in [2.75, 3.05) is 33.7 Å². The third-order valence-electron chi connectivity index (χ3n) is 3.96. The summed E-state index contributed by atoms with van der Waals surface area (Å²) in [5.41, 5.74) is -0.859. The first kappa shape index (κ1) is 16.3. The Morgan fingerprint density at radius 3 is 2.55 bits per heavy atom. The van der Waals surface area contributed by atoms with E-state index in [1.54, 1.807) is 7.05 Å². The Hall–Kier alpha value is -1.79. The molecule has 1 aliphatic heterocycles. The van der Waals surface area contributed by atoms with E-state index in [1.165, 1.54) is 16.8 Å². The highest BCUT2D eigenvalue weighted by Crippen LogP contribution is 2.33. The van der Waals surface area contributed by atoms with Crippen LogP contribution in [0.15, 0.2) is 0 Å². The number of hydrogen-bond acceptors (Lipinski definition) is 3. The maximum absolute atomic E-state index is 12.3. The van der Waals surface area contributed by atoms with Gasteiger partial charge in [0.1, 0.15) is 6.54 Å². The number of carboxylic acid groups (broad SMARTS) is 1. The van der Waals surface area contributed by atoms with Crippen molar-refractivity contribution < 1.29 is 19.5 Å². The lowest BCUT2D eigenvalue weighted by molar-refractivity contribution is -0.152. The number of amides is 3. The lowest BCUT2D eigenvalue weighted by Crippen LogP contribution is -2.53. The summed E-state index contributed by atoms with van der Waals surface area (Å²) in [6.07, 6.45) is 1.74. The second kappa shape index (κ2) is 6.58. The molecule has 1 heterocycles. The van der Waals surface area contributed by atoms with Crippen molar-refractivity contribution in [1.29, 1.82) is 0 Å². The summed E-state index contributed by atoms with van der Waals surface area (Å²) < 4.78 is 0. The van der Waals surface area contributed by atoms with Crippen LogP contribution in [0.5, 0.6) is 0 Å². The van der Waals surface area contributed by atoms with E-state index < -0.39 is 11.4 Å². The van der Waals surface area contributed by atoms with Crippen molar-refractivity contribution in [3.63, 3.8) is 0 Å². The van der Waals surface area contributed by atoms with Crippen molar-refractivity contribution in [2.45, 2.75) is 26.2 Å². The first-order chi connectivity index (χ1) is 9.36. The number of aliphatic carboxylic acids is 1. The largest absolute Gasteiger partial charge is 0.481 e. The zero-order valence-electron chi connectivity index (χ0n) is 12.3. The smallest absolute Gasteiger partial charge is 0.320 e. The van der Waals surface area contributed by atoms with Crippen LogP contribution < -0.4 is 5.32 Å². The van der Waals surface area contributed by atoms with Crippen molar-refractivity contribution in [2.24, 2.45) is 5.41 Å². The molecule has 0 bridgehead atoms. The van der Waals surface area contributed by atoms with Gasteiger partial charge in [-0.2, -0.15) is 0 Å². The molecule has 0 aromatic carbocycles. The Balaban J connectivity index is 2.73. The second-order valence-corrected chi connectivity index (χ2v) is 5.28. The Kier molecular flexibility index (Phi) is 5.35. The van der Waals surface area contributed by atoms with Gasteiger partial charge < -0.3 is 20.2 Å². The van der Waals surface area contributed by atoms with Crippen molar-refractivity contribution >= 4 is 17.9 Å². The number of likely N-dealkylation sites (tertiary alicyclic amines) is 1. The van der Waals surface area contributed by atoms with E-state index in [-0.39, 0.29) is 25.0 Å². The van der Waals surface area contributed by atoms with E-state index in [2.05, 4.69) is 5.32 Å². The van der Waals surface area contributed by atoms with E-state index in [4.69, 9.17) is 0 Å². The highest BCUT2D eigenvalue weighted by Gasteiger charge is 2.42. The summed E-state index contributed by atoms with van der Waals surface area (Å²) >= 11 is 0. The molecule has 0 radical (unpaired) electrons. The van der Waals surface area contributed by atoms with Gasteiger partial charge in [0.25, 0.3) is 0 Å². The molecule has 0 aromatic rings. The Bertz CT molecular complexity index is 399. The zero-order chi connectivity index (χ0) is 15.3. The van der Waals surface area contributed by atoms with Gasteiger partial charge in [-0.3, -0.25) is 9.59 Å². The highest BCUT2D eigenvalue weighted by atomic mass is 16.4. The minimum absolute atomic E-state index is 0.0297. The fourth-order valence-corrected chi connectivity index (χ4v) is 2.51. The number of urea groups is 1. The Morgan fingerprint density at radius 2 is 2.05 bits per heavy atom. The van der Waals surface area contributed by atoms with E-state index in [0.717, 1.165) is 0 Å². The molecular formula is C13H23N3O4. The van der Waals surface area contributed by atoms with Gasteiger partial charge in [-0.15, -0.1) is 0 Å². The van der Waals surface area contributed by atoms with Crippen LogP contribution in [-0.2, 0) is 9.59 Å². The molecular weight excluding hydrogens is 262 g/mol. The number of carbonyl (C=O) groups excluding carboxylic acids is 2. The van der Waals surface area contributed by atoms with Crippen molar-refractivity contribution in [3.8, 4) is 0 Å². The molecule has 20 heavy (non-hydrogen) atoms. The average molecular weight is 285 g/mol. The number of rotatable bonds is 4. The molecule has 0 spiro atoms. The minimum atomic E-state index is -0.859. The predicted octanol–water partition coefficient (Wildman–Crippen LogP) is 0.361. The van der Waals surface area contributed by atoms with Gasteiger partial charge in [-0.25, -0.2) is 4.79 Å². The molecule has 1 rings (SSSR count). The quantitative estimate of drug-likeness (QED) is 0.780. The summed E-state index contributed by atoms with van der Waals surface area (Å²) in [6.45, 7) is 2.54. The molecule has 7 heteroatoms. The van der Waals surface area contributed by atoms with Gasteiger partial charge in [0, 0.05) is 27.2 Å². The fourth-order valence-electron chi connectivity index (χ4n) is 2.51. The molecule has 1 saturated heterocycles. The summed E-state index contributed by atoms with van der Waals surface area (Å²) in [6, 6.07) is -0.299. The Morgan fingerprint density at radius 1 is 1.40 bits per heavy atom. The molecule has 3 amide bonds. The van der Waals surface area contributed by atoms with Crippen molar-refractivity contribution in [3.05, 3.63) is 0 Å². The van der Waals surface area contributed by atoms with Gasteiger partial charge in [0.05, 0.1) is 5.41 Å². The van der Waals surface area contributed by atoms with Gasteiger partial charge >= 0.3 is 12.0 Å². The third kappa shape index (κ3) is 3.40. The SMILES string of the molecule is CCC1(C(=O)O)CCCN(C(=O)N(C)CC(=O)NC)C1. The number of piperidine rings is 1. The van der Waals surface area contributed by atoms with Crippen LogP contribution in [0.2, 0.25) is 0 Å². The number of carboxylic acids is 1. The summed E-state index contributed by atoms with van der Waals surface area (Å²) in [5.74, 6) is -1.11. The molecule has 2 N–H and O–H groups in total. The van der Waals surface area contributed by atoms with Crippen LogP contribution in [0.3, 0.4) is 0 Å². The van der Waals surface area contributed by atoms with Crippen LogP contribution >= 0.6 is 0 Å². The summed E-state index contributed by atoms with van der Waals surface area (Å²) in [4.78, 5) is 37.8. The summed E-state index contributed by atoms with van der Waals surface area (Å²) in [7, 11) is 3.05. The number of carbonyl (C=O) groups is 3. The average Bonchev–Trinajstić information content (AvgIpc) is 2.45. The minimum Gasteiger partial charge on any atom is -0.481 e. The fraction of sp³-hybridized carbons (Fsp3) is 0.769. The van der Waals surface area contributed by atoms with Gasteiger partial charge in [0.15, 0.2) is 0 Å². The van der Waals surface area contributed by atoms with Crippen LogP contribution in [0.4, 0.5) is 4.79 Å². The first-order valence-corrected chi connectivity index (χ1v) is 6.80. The second-order valence-electron chi connectivity index (χ2n) is 5.28. The molecule has 1 unspecified atom stereocenters. The van der Waals surface area contributed by atoms with Gasteiger partial charge in [-0.1, -0.05) is 6.92 Å². The standard InChI is InChI=1S/C13H23N3O4/c1-4-13(11(18)19)6-5-7-16(9-13)12(20)15(3)8-10(17)14-2/h4-9H2,1-3H3,(H,14,17)(H,18,19). The maximum Gasteiger partial charge on any atom is 0.320 e. The molecule has 1 fully saturated rings. The third-order valence-corrected chi connectivity index (χ3v) is 3.96.